The van der Waals surface area contributed by atoms with E-state index in [0.717, 1.165) is 44.9 Å². The van der Waals surface area contributed by atoms with Gasteiger partial charge in [0.2, 0.25) is 5.91 Å². The molecule has 0 aliphatic heterocycles. The number of hydrogen-bond donors (Lipinski definition) is 3. The molecular weight excluding hydrogens is 350 g/mol. The van der Waals surface area contributed by atoms with Gasteiger partial charge >= 0.3 is 0 Å². The molecule has 1 aromatic carbocycles. The molecule has 0 saturated heterocycles. The van der Waals surface area contributed by atoms with Crippen molar-refractivity contribution in [2.75, 3.05) is 11.9 Å². The van der Waals surface area contributed by atoms with Crippen molar-refractivity contribution in [1.82, 2.24) is 5.32 Å². The van der Waals surface area contributed by atoms with E-state index in [9.17, 15) is 9.59 Å². The molecule has 26 heavy (non-hydrogen) atoms. The van der Waals surface area contributed by atoms with Crippen molar-refractivity contribution < 1.29 is 9.59 Å². The molecule has 2 rings (SSSR count). The smallest absolute Gasteiger partial charge is 0.251 e. The van der Waals surface area contributed by atoms with Crippen molar-refractivity contribution in [3.05, 3.63) is 29.8 Å². The largest absolute Gasteiger partial charge is 0.348 e. The van der Waals surface area contributed by atoms with Crippen molar-refractivity contribution in [3.63, 3.8) is 0 Å². The highest BCUT2D eigenvalue weighted by Gasteiger charge is 2.21. The van der Waals surface area contributed by atoms with E-state index in [2.05, 4.69) is 17.6 Å². The lowest BCUT2D eigenvalue weighted by Gasteiger charge is -2.21. The van der Waals surface area contributed by atoms with Gasteiger partial charge in [-0.2, -0.15) is 0 Å². The second-order valence-electron chi connectivity index (χ2n) is 6.95. The van der Waals surface area contributed by atoms with Gasteiger partial charge in [0.15, 0.2) is 0 Å². The van der Waals surface area contributed by atoms with E-state index in [4.69, 9.17) is 5.73 Å². The van der Waals surface area contributed by atoms with Crippen LogP contribution in [0.15, 0.2) is 24.3 Å². The molecule has 0 spiro atoms. The number of carbonyl (C=O) groups is 2. The van der Waals surface area contributed by atoms with Gasteiger partial charge in [-0.25, -0.2) is 0 Å². The minimum atomic E-state index is -0.139. The fourth-order valence-corrected chi connectivity index (χ4v) is 3.32. The maximum atomic E-state index is 12.4. The fraction of sp³-hybridized carbons (Fsp3) is 0.600. The third-order valence-electron chi connectivity index (χ3n) is 4.89. The van der Waals surface area contributed by atoms with Crippen LogP contribution >= 0.6 is 12.4 Å². The topological polar surface area (TPSA) is 84.2 Å². The third kappa shape index (κ3) is 6.96. The normalized spacial score (nSPS) is 15.6. The minimum absolute atomic E-state index is 0. The van der Waals surface area contributed by atoms with Gasteiger partial charge in [-0.15, -0.1) is 12.4 Å². The molecule has 5 nitrogen and oxygen atoms in total. The lowest BCUT2D eigenvalue weighted by molar-refractivity contribution is -0.120. The Morgan fingerprint density at radius 3 is 2.62 bits per heavy atom. The summed E-state index contributed by atoms with van der Waals surface area (Å²) >= 11 is 0. The summed E-state index contributed by atoms with van der Waals surface area (Å²) in [5.41, 5.74) is 6.98. The molecule has 0 bridgehead atoms. The Balaban J connectivity index is 0.00000338. The highest BCUT2D eigenvalue weighted by molar-refractivity contribution is 5.97. The van der Waals surface area contributed by atoms with E-state index >= 15 is 0 Å². The number of nitrogens with one attached hydrogen (secondary N) is 2. The van der Waals surface area contributed by atoms with Gasteiger partial charge in [0.25, 0.3) is 5.91 Å². The lowest BCUT2D eigenvalue weighted by Crippen LogP contribution is -2.40. The van der Waals surface area contributed by atoms with Gasteiger partial charge in [0, 0.05) is 29.8 Å². The zero-order chi connectivity index (χ0) is 18.1. The van der Waals surface area contributed by atoms with Gasteiger partial charge in [-0.3, -0.25) is 9.59 Å². The predicted octanol–water partition coefficient (Wildman–Crippen LogP) is 3.87. The number of unbranched alkanes of at least 4 members (excludes halogenated alkanes) is 1. The second kappa shape index (κ2) is 11.9. The molecule has 1 atom stereocenters. The van der Waals surface area contributed by atoms with Crippen LogP contribution in [0.2, 0.25) is 0 Å². The van der Waals surface area contributed by atoms with Crippen LogP contribution in [-0.4, -0.2) is 24.4 Å². The van der Waals surface area contributed by atoms with Crippen molar-refractivity contribution in [2.45, 2.75) is 64.3 Å². The number of halogens is 1. The highest BCUT2D eigenvalue weighted by atomic mass is 35.5. The van der Waals surface area contributed by atoms with Crippen molar-refractivity contribution in [2.24, 2.45) is 11.7 Å². The van der Waals surface area contributed by atoms with E-state index < -0.39 is 0 Å². The molecule has 2 amide bonds. The number of benzene rings is 1. The van der Waals surface area contributed by atoms with E-state index in [1.54, 1.807) is 18.2 Å². The van der Waals surface area contributed by atoms with Crippen LogP contribution in [0.3, 0.4) is 0 Å². The Hall–Kier alpha value is -1.59. The fourth-order valence-electron chi connectivity index (χ4n) is 3.32. The van der Waals surface area contributed by atoms with Crippen molar-refractivity contribution in [1.29, 1.82) is 0 Å². The SMILES string of the molecule is CCCCC(CN)NC(=O)c1cccc(NC(=O)C2CCCCC2)c1.Cl. The van der Waals surface area contributed by atoms with Gasteiger partial charge in [-0.1, -0.05) is 45.1 Å². The average Bonchev–Trinajstić information content (AvgIpc) is 2.65. The molecule has 1 saturated carbocycles. The summed E-state index contributed by atoms with van der Waals surface area (Å²) in [4.78, 5) is 24.8. The van der Waals surface area contributed by atoms with Crippen LogP contribution < -0.4 is 16.4 Å². The summed E-state index contributed by atoms with van der Waals surface area (Å²) in [5, 5.41) is 5.95. The number of nitrogens with two attached hydrogens (primary N) is 1. The Labute approximate surface area is 162 Å². The maximum absolute atomic E-state index is 12.4. The number of anilines is 1. The Morgan fingerprint density at radius 1 is 1.23 bits per heavy atom. The van der Waals surface area contributed by atoms with Gasteiger partial charge in [-0.05, 0) is 37.5 Å². The van der Waals surface area contributed by atoms with Crippen LogP contribution in [0.4, 0.5) is 5.69 Å². The first-order valence-electron chi connectivity index (χ1n) is 9.56. The third-order valence-corrected chi connectivity index (χ3v) is 4.89. The van der Waals surface area contributed by atoms with E-state index in [0.29, 0.717) is 17.8 Å². The molecule has 1 aliphatic carbocycles. The Kier molecular flexibility index (Phi) is 10.3. The molecule has 146 valence electrons. The molecule has 1 aliphatic rings. The lowest BCUT2D eigenvalue weighted by atomic mass is 9.88. The predicted molar refractivity (Wildman–Crippen MR) is 109 cm³/mol. The number of hydrogen-bond acceptors (Lipinski definition) is 3. The number of amides is 2. The number of carbonyl (C=O) groups excluding carboxylic acids is 2. The van der Waals surface area contributed by atoms with Crippen LogP contribution in [0.5, 0.6) is 0 Å². The molecule has 0 heterocycles. The Morgan fingerprint density at radius 2 is 1.96 bits per heavy atom. The minimum Gasteiger partial charge on any atom is -0.348 e. The van der Waals surface area contributed by atoms with Crippen LogP contribution in [0, 0.1) is 5.92 Å². The molecule has 4 N–H and O–H groups in total. The first-order chi connectivity index (χ1) is 12.1. The molecule has 1 unspecified atom stereocenters. The molecule has 0 radical (unpaired) electrons. The standard InChI is InChI=1S/C20H31N3O2.ClH/c1-2-3-11-18(14-21)23-20(25)16-10-7-12-17(13-16)22-19(24)15-8-5-4-6-9-15;/h7,10,12-13,15,18H,2-6,8-9,11,14,21H2,1H3,(H,22,24)(H,23,25);1H. The summed E-state index contributed by atoms with van der Waals surface area (Å²) in [5.74, 6) is 0.0299. The molecule has 1 fully saturated rings. The number of rotatable bonds is 8. The van der Waals surface area contributed by atoms with Gasteiger partial charge in [0.05, 0.1) is 0 Å². The second-order valence-corrected chi connectivity index (χ2v) is 6.95. The first kappa shape index (κ1) is 22.5. The molecular formula is C20H32ClN3O2. The van der Waals surface area contributed by atoms with E-state index in [1.807, 2.05) is 6.07 Å². The summed E-state index contributed by atoms with van der Waals surface area (Å²) < 4.78 is 0. The summed E-state index contributed by atoms with van der Waals surface area (Å²) in [6.07, 6.45) is 8.39. The monoisotopic (exact) mass is 381 g/mol. The summed E-state index contributed by atoms with van der Waals surface area (Å²) in [6.45, 7) is 2.55. The molecule has 6 heteroatoms. The zero-order valence-electron chi connectivity index (χ0n) is 15.6. The van der Waals surface area contributed by atoms with Crippen molar-refractivity contribution in [3.8, 4) is 0 Å². The van der Waals surface area contributed by atoms with E-state index in [1.165, 1.54) is 6.42 Å². The Bertz CT molecular complexity index is 574. The molecule has 1 aromatic rings. The summed E-state index contributed by atoms with van der Waals surface area (Å²) in [6, 6.07) is 7.12. The van der Waals surface area contributed by atoms with Gasteiger partial charge in [0.1, 0.15) is 0 Å². The van der Waals surface area contributed by atoms with E-state index in [-0.39, 0.29) is 36.2 Å². The highest BCUT2D eigenvalue weighted by Crippen LogP contribution is 2.25. The van der Waals surface area contributed by atoms with Crippen LogP contribution in [0.1, 0.15) is 68.6 Å². The van der Waals surface area contributed by atoms with Gasteiger partial charge < -0.3 is 16.4 Å². The van der Waals surface area contributed by atoms with Crippen molar-refractivity contribution >= 4 is 29.9 Å². The zero-order valence-corrected chi connectivity index (χ0v) is 16.4. The van der Waals surface area contributed by atoms with Crippen LogP contribution in [0.25, 0.3) is 0 Å². The first-order valence-corrected chi connectivity index (χ1v) is 9.56. The summed E-state index contributed by atoms with van der Waals surface area (Å²) in [7, 11) is 0. The average molecular weight is 382 g/mol. The molecule has 0 aromatic heterocycles. The maximum Gasteiger partial charge on any atom is 0.251 e. The van der Waals surface area contributed by atoms with Crippen LogP contribution in [-0.2, 0) is 4.79 Å². The quantitative estimate of drug-likeness (QED) is 0.638.